The summed E-state index contributed by atoms with van der Waals surface area (Å²) in [5, 5.41) is 9.59. The van der Waals surface area contributed by atoms with Crippen LogP contribution in [0, 0.1) is 12.3 Å². The fourth-order valence-electron chi connectivity index (χ4n) is 4.62. The molecule has 0 unspecified atom stereocenters. The fraction of sp³-hybridized carbons (Fsp3) is 0.577. The highest BCUT2D eigenvalue weighted by molar-refractivity contribution is 7.99. The summed E-state index contributed by atoms with van der Waals surface area (Å²) in [6, 6.07) is 3.91. The minimum absolute atomic E-state index is 0.0436. The van der Waals surface area contributed by atoms with Crippen molar-refractivity contribution in [1.29, 1.82) is 0 Å². The Morgan fingerprint density at radius 1 is 1.12 bits per heavy atom. The van der Waals surface area contributed by atoms with E-state index in [9.17, 15) is 9.90 Å². The third kappa shape index (κ3) is 6.21. The van der Waals surface area contributed by atoms with Gasteiger partial charge in [0.05, 0.1) is 24.0 Å². The molecule has 184 valence electrons. The zero-order valence-electron chi connectivity index (χ0n) is 20.5. The minimum atomic E-state index is -0.843. The number of aryl methyl sites for hydroxylation is 1. The minimum Gasteiger partial charge on any atom is -0.491 e. The van der Waals surface area contributed by atoms with Crippen molar-refractivity contribution >= 4 is 23.4 Å². The van der Waals surface area contributed by atoms with Crippen LogP contribution in [-0.2, 0) is 11.2 Å². The zero-order valence-corrected chi connectivity index (χ0v) is 21.4. The van der Waals surface area contributed by atoms with Gasteiger partial charge in [-0.3, -0.25) is 19.7 Å². The van der Waals surface area contributed by atoms with Crippen LogP contribution in [0.25, 0.3) is 11.3 Å². The molecule has 8 heteroatoms. The maximum atomic E-state index is 11.7. The van der Waals surface area contributed by atoms with E-state index in [1.54, 1.807) is 6.20 Å². The van der Waals surface area contributed by atoms with E-state index in [0.717, 1.165) is 79.5 Å². The number of anilines is 1. The lowest BCUT2D eigenvalue weighted by molar-refractivity contribution is -0.136. The summed E-state index contributed by atoms with van der Waals surface area (Å²) in [6.45, 7) is 12.1. The molecule has 0 bridgehead atoms. The molecule has 2 aromatic heterocycles. The first-order chi connectivity index (χ1) is 16.3. The number of piperidine rings is 1. The summed E-state index contributed by atoms with van der Waals surface area (Å²) < 4.78 is 5.95. The summed E-state index contributed by atoms with van der Waals surface area (Å²) in [4.78, 5) is 25.7. The normalized spacial score (nSPS) is 18.6. The molecule has 1 N–H and O–H groups in total. The van der Waals surface area contributed by atoms with Gasteiger partial charge >= 0.3 is 5.97 Å². The van der Waals surface area contributed by atoms with Crippen molar-refractivity contribution in [2.24, 2.45) is 5.41 Å². The van der Waals surface area contributed by atoms with Gasteiger partial charge in [-0.1, -0.05) is 13.8 Å². The van der Waals surface area contributed by atoms with Crippen molar-refractivity contribution in [2.75, 3.05) is 55.7 Å². The molecule has 2 aromatic rings. The van der Waals surface area contributed by atoms with Gasteiger partial charge in [-0.05, 0) is 37.3 Å². The van der Waals surface area contributed by atoms with E-state index < -0.39 is 5.97 Å². The molecule has 4 rings (SSSR count). The molecule has 0 aromatic carbocycles. The number of hydrogen-bond donors (Lipinski definition) is 1. The number of carboxylic acid groups (broad SMARTS) is 1. The predicted molar refractivity (Wildman–Crippen MR) is 138 cm³/mol. The number of nitrogens with zero attached hydrogens (tertiary/aromatic N) is 4. The van der Waals surface area contributed by atoms with Gasteiger partial charge in [-0.15, -0.1) is 0 Å². The van der Waals surface area contributed by atoms with Crippen LogP contribution in [-0.4, -0.2) is 76.8 Å². The van der Waals surface area contributed by atoms with E-state index in [1.165, 1.54) is 11.5 Å². The molecule has 0 spiro atoms. The van der Waals surface area contributed by atoms with Crippen LogP contribution < -0.4 is 9.64 Å². The largest absolute Gasteiger partial charge is 0.491 e. The van der Waals surface area contributed by atoms with Crippen molar-refractivity contribution in [1.82, 2.24) is 14.9 Å². The molecule has 0 amide bonds. The monoisotopic (exact) mass is 484 g/mol. The Kier molecular flexibility index (Phi) is 7.99. The van der Waals surface area contributed by atoms with Crippen LogP contribution in [0.3, 0.4) is 0 Å². The number of aromatic nitrogens is 2. The van der Waals surface area contributed by atoms with Gasteiger partial charge in [0.1, 0.15) is 12.4 Å². The Labute approximate surface area is 206 Å². The van der Waals surface area contributed by atoms with Crippen LogP contribution in [0.4, 0.5) is 5.69 Å². The van der Waals surface area contributed by atoms with Crippen molar-refractivity contribution in [3.63, 3.8) is 0 Å². The number of rotatable bonds is 8. The summed E-state index contributed by atoms with van der Waals surface area (Å²) in [6.07, 6.45) is 5.69. The summed E-state index contributed by atoms with van der Waals surface area (Å²) in [5.41, 5.74) is 4.50. The molecule has 0 aliphatic carbocycles. The molecule has 0 radical (unpaired) electrons. The van der Waals surface area contributed by atoms with Gasteiger partial charge in [0, 0.05) is 67.2 Å². The van der Waals surface area contributed by atoms with Crippen molar-refractivity contribution in [3.05, 3.63) is 35.8 Å². The van der Waals surface area contributed by atoms with Crippen LogP contribution in [0.1, 0.15) is 37.9 Å². The smallest absolute Gasteiger partial charge is 0.307 e. The first kappa shape index (κ1) is 24.8. The highest BCUT2D eigenvalue weighted by Gasteiger charge is 2.29. The standard InChI is InChI=1S/C26H36N4O3S/c1-19-21(16-24(31)32)25(30-8-6-26(2,3)7-9-30)22(18-27-19)23-5-4-20(17-28-23)33-13-10-29-11-14-34-15-12-29/h4-5,17-18H,6-16H2,1-3H3,(H,31,32). The van der Waals surface area contributed by atoms with Gasteiger partial charge in [0.25, 0.3) is 0 Å². The number of hydrogen-bond acceptors (Lipinski definition) is 7. The molecule has 2 aliphatic heterocycles. The quantitative estimate of drug-likeness (QED) is 0.599. The lowest BCUT2D eigenvalue weighted by Crippen LogP contribution is -2.38. The van der Waals surface area contributed by atoms with Crippen LogP contribution in [0.5, 0.6) is 5.75 Å². The number of aliphatic carboxylic acids is 1. The Bertz CT molecular complexity index is 980. The average Bonchev–Trinajstić information content (AvgIpc) is 2.82. The lowest BCUT2D eigenvalue weighted by Gasteiger charge is -2.40. The Hall–Kier alpha value is -2.32. The maximum absolute atomic E-state index is 11.7. The molecule has 2 aliphatic rings. The second-order valence-corrected chi connectivity index (χ2v) is 11.2. The first-order valence-electron chi connectivity index (χ1n) is 12.2. The summed E-state index contributed by atoms with van der Waals surface area (Å²) in [7, 11) is 0. The third-order valence-corrected chi connectivity index (χ3v) is 7.86. The second kappa shape index (κ2) is 11.0. The van der Waals surface area contributed by atoms with E-state index in [4.69, 9.17) is 9.72 Å². The van der Waals surface area contributed by atoms with E-state index in [1.807, 2.05) is 37.0 Å². The number of carbonyl (C=O) groups is 1. The van der Waals surface area contributed by atoms with Crippen molar-refractivity contribution in [3.8, 4) is 17.0 Å². The summed E-state index contributed by atoms with van der Waals surface area (Å²) in [5.74, 6) is 2.30. The van der Waals surface area contributed by atoms with E-state index >= 15 is 0 Å². The van der Waals surface area contributed by atoms with Gasteiger partial charge in [-0.25, -0.2) is 0 Å². The number of pyridine rings is 2. The van der Waals surface area contributed by atoms with E-state index in [-0.39, 0.29) is 6.42 Å². The van der Waals surface area contributed by atoms with E-state index in [2.05, 4.69) is 28.6 Å². The Morgan fingerprint density at radius 2 is 1.85 bits per heavy atom. The third-order valence-electron chi connectivity index (χ3n) is 6.92. The SMILES string of the molecule is Cc1ncc(-c2ccc(OCCN3CCSCC3)cn2)c(N2CCC(C)(C)CC2)c1CC(=O)O. The molecule has 34 heavy (non-hydrogen) atoms. The molecule has 2 fully saturated rings. The molecule has 2 saturated heterocycles. The fourth-order valence-corrected chi connectivity index (χ4v) is 5.60. The average molecular weight is 485 g/mol. The summed E-state index contributed by atoms with van der Waals surface area (Å²) >= 11 is 2.01. The maximum Gasteiger partial charge on any atom is 0.307 e. The number of ether oxygens (including phenoxy) is 1. The highest BCUT2D eigenvalue weighted by atomic mass is 32.2. The number of carboxylic acids is 1. The predicted octanol–water partition coefficient (Wildman–Crippen LogP) is 4.13. The van der Waals surface area contributed by atoms with Gasteiger partial charge in [-0.2, -0.15) is 11.8 Å². The topological polar surface area (TPSA) is 78.8 Å². The van der Waals surface area contributed by atoms with Crippen LogP contribution in [0.2, 0.25) is 0 Å². The van der Waals surface area contributed by atoms with Gasteiger partial charge in [0.15, 0.2) is 0 Å². The molecule has 4 heterocycles. The highest BCUT2D eigenvalue weighted by Crippen LogP contribution is 2.39. The second-order valence-electron chi connectivity index (χ2n) is 9.99. The number of thioether (sulfide) groups is 1. The lowest BCUT2D eigenvalue weighted by atomic mass is 9.82. The van der Waals surface area contributed by atoms with Crippen molar-refractivity contribution in [2.45, 2.75) is 40.0 Å². The Morgan fingerprint density at radius 3 is 2.50 bits per heavy atom. The van der Waals surface area contributed by atoms with Gasteiger partial charge < -0.3 is 14.7 Å². The molecule has 7 nitrogen and oxygen atoms in total. The van der Waals surface area contributed by atoms with Crippen LogP contribution in [0.15, 0.2) is 24.5 Å². The van der Waals surface area contributed by atoms with Gasteiger partial charge in [0.2, 0.25) is 0 Å². The van der Waals surface area contributed by atoms with Crippen molar-refractivity contribution < 1.29 is 14.6 Å². The molecule has 0 saturated carbocycles. The Balaban J connectivity index is 1.54. The van der Waals surface area contributed by atoms with Crippen LogP contribution >= 0.6 is 11.8 Å². The molecular weight excluding hydrogens is 448 g/mol. The van der Waals surface area contributed by atoms with E-state index in [0.29, 0.717) is 12.0 Å². The first-order valence-corrected chi connectivity index (χ1v) is 13.3. The molecular formula is C26H36N4O3S. The zero-order chi connectivity index (χ0) is 24.1. The molecule has 0 atom stereocenters.